The van der Waals surface area contributed by atoms with Gasteiger partial charge in [0.05, 0.1) is 23.1 Å². The van der Waals surface area contributed by atoms with Gasteiger partial charge in [-0.1, -0.05) is 37.8 Å². The Bertz CT molecular complexity index is 818. The summed E-state index contributed by atoms with van der Waals surface area (Å²) in [6, 6.07) is 2.85. The highest BCUT2D eigenvalue weighted by molar-refractivity contribution is 7.90. The number of benzene rings is 1. The van der Waals surface area contributed by atoms with E-state index in [2.05, 4.69) is 0 Å². The lowest BCUT2D eigenvalue weighted by atomic mass is 9.93. The number of carbonyl (C=O) groups excluding carboxylic acids is 1. The van der Waals surface area contributed by atoms with Crippen molar-refractivity contribution in [2.24, 2.45) is 5.92 Å². The Kier molecular flexibility index (Phi) is 6.72. The highest BCUT2D eigenvalue weighted by Gasteiger charge is 2.37. The molecule has 1 fully saturated rings. The van der Waals surface area contributed by atoms with E-state index in [0.717, 1.165) is 56.9 Å². The minimum atomic E-state index is -4.86. The molecule has 2 rings (SSSR count). The Hall–Kier alpha value is -1.83. The standard InChI is InChI=1S/C19H23F3O4S/c1-26-18(23)15(11-13-7-5-3-4-6-8-13)14-9-10-17(27(2,24)25)16(12-14)19(20,21)22/h9-13H,3-8H2,1-2H3/b15-11+. The monoisotopic (exact) mass is 404 g/mol. The minimum absolute atomic E-state index is 0.00539. The molecule has 1 aromatic rings. The summed E-state index contributed by atoms with van der Waals surface area (Å²) in [5.41, 5.74) is -1.24. The summed E-state index contributed by atoms with van der Waals surface area (Å²) in [7, 11) is -2.91. The highest BCUT2D eigenvalue weighted by atomic mass is 32.2. The normalized spacial score (nSPS) is 17.4. The summed E-state index contributed by atoms with van der Waals surface area (Å²) in [5, 5.41) is 0. The molecule has 1 saturated carbocycles. The van der Waals surface area contributed by atoms with Crippen LogP contribution < -0.4 is 0 Å². The van der Waals surface area contributed by atoms with E-state index in [0.29, 0.717) is 0 Å². The van der Waals surface area contributed by atoms with Gasteiger partial charge in [-0.05, 0) is 36.5 Å². The van der Waals surface area contributed by atoms with Crippen molar-refractivity contribution in [3.8, 4) is 0 Å². The van der Waals surface area contributed by atoms with Crippen LogP contribution in [0, 0.1) is 5.92 Å². The number of methoxy groups -OCH3 is 1. The fraction of sp³-hybridized carbons (Fsp3) is 0.526. The molecule has 150 valence electrons. The summed E-state index contributed by atoms with van der Waals surface area (Å²) >= 11 is 0. The first-order valence-electron chi connectivity index (χ1n) is 8.76. The van der Waals surface area contributed by atoms with E-state index in [1.54, 1.807) is 6.08 Å². The average molecular weight is 404 g/mol. The van der Waals surface area contributed by atoms with Gasteiger partial charge in [0.2, 0.25) is 0 Å². The number of esters is 1. The summed E-state index contributed by atoms with van der Waals surface area (Å²) in [5.74, 6) is -0.662. The van der Waals surface area contributed by atoms with Crippen LogP contribution in [0.1, 0.15) is 49.7 Å². The lowest BCUT2D eigenvalue weighted by Crippen LogP contribution is -2.14. The molecule has 1 aromatic carbocycles. The number of alkyl halides is 3. The molecule has 0 spiro atoms. The molecule has 4 nitrogen and oxygen atoms in total. The number of carbonyl (C=O) groups is 1. The van der Waals surface area contributed by atoms with Crippen molar-refractivity contribution in [1.29, 1.82) is 0 Å². The van der Waals surface area contributed by atoms with E-state index in [4.69, 9.17) is 4.74 Å². The van der Waals surface area contributed by atoms with Crippen molar-refractivity contribution < 1.29 is 31.1 Å². The first-order chi connectivity index (χ1) is 12.5. The third-order valence-electron chi connectivity index (χ3n) is 4.70. The molecule has 0 heterocycles. The molecule has 0 bridgehead atoms. The minimum Gasteiger partial charge on any atom is -0.465 e. The van der Waals surface area contributed by atoms with Gasteiger partial charge < -0.3 is 4.74 Å². The lowest BCUT2D eigenvalue weighted by molar-refractivity contribution is -0.140. The van der Waals surface area contributed by atoms with Crippen molar-refractivity contribution in [3.05, 3.63) is 35.4 Å². The number of hydrogen-bond donors (Lipinski definition) is 0. The van der Waals surface area contributed by atoms with Crippen molar-refractivity contribution in [2.45, 2.75) is 49.6 Å². The van der Waals surface area contributed by atoms with Crippen LogP contribution in [0.4, 0.5) is 13.2 Å². The maximum absolute atomic E-state index is 13.4. The second-order valence-corrected chi connectivity index (χ2v) is 8.79. The van der Waals surface area contributed by atoms with Crippen LogP contribution >= 0.6 is 0 Å². The number of hydrogen-bond acceptors (Lipinski definition) is 4. The predicted molar refractivity (Wildman–Crippen MR) is 95.7 cm³/mol. The first kappa shape index (κ1) is 21.5. The van der Waals surface area contributed by atoms with Gasteiger partial charge in [0.1, 0.15) is 0 Å². The second-order valence-electron chi connectivity index (χ2n) is 6.80. The Balaban J connectivity index is 2.57. The van der Waals surface area contributed by atoms with Gasteiger partial charge in [-0.3, -0.25) is 0 Å². The molecule has 0 N–H and O–H groups in total. The fourth-order valence-corrected chi connectivity index (χ4v) is 4.24. The molecule has 0 unspecified atom stereocenters. The zero-order valence-electron chi connectivity index (χ0n) is 15.3. The van der Waals surface area contributed by atoms with Gasteiger partial charge in [0.25, 0.3) is 0 Å². The molecule has 0 radical (unpaired) electrons. The average Bonchev–Trinajstić information content (AvgIpc) is 2.85. The third kappa shape index (κ3) is 5.57. The quantitative estimate of drug-likeness (QED) is 0.417. The van der Waals surface area contributed by atoms with Crippen LogP contribution in [0.2, 0.25) is 0 Å². The van der Waals surface area contributed by atoms with E-state index in [1.807, 2.05) is 0 Å². The Labute approximate surface area is 157 Å². The van der Waals surface area contributed by atoms with Crippen LogP contribution in [-0.4, -0.2) is 27.8 Å². The molecule has 27 heavy (non-hydrogen) atoms. The molecular weight excluding hydrogens is 381 g/mol. The van der Waals surface area contributed by atoms with E-state index < -0.39 is 32.4 Å². The number of allylic oxidation sites excluding steroid dienone is 1. The Morgan fingerprint density at radius 3 is 2.22 bits per heavy atom. The molecule has 1 aliphatic rings. The summed E-state index contributed by atoms with van der Waals surface area (Å²) in [4.78, 5) is 11.4. The van der Waals surface area contributed by atoms with E-state index >= 15 is 0 Å². The smallest absolute Gasteiger partial charge is 0.417 e. The predicted octanol–water partition coefficient (Wildman–Crippen LogP) is 4.64. The van der Waals surface area contributed by atoms with Crippen LogP contribution in [0.5, 0.6) is 0 Å². The SMILES string of the molecule is COC(=O)/C(=C/C1CCCCCC1)c1ccc(S(C)(=O)=O)c(C(F)(F)F)c1. The summed E-state index contributed by atoms with van der Waals surface area (Å²) < 4.78 is 68.4. The first-order valence-corrected chi connectivity index (χ1v) is 10.6. The number of rotatable bonds is 4. The number of ether oxygens (including phenoxy) is 1. The molecule has 0 aliphatic heterocycles. The Morgan fingerprint density at radius 2 is 1.74 bits per heavy atom. The molecule has 0 atom stereocenters. The van der Waals surface area contributed by atoms with E-state index in [1.165, 1.54) is 13.2 Å². The van der Waals surface area contributed by atoms with Crippen LogP contribution in [0.3, 0.4) is 0 Å². The van der Waals surface area contributed by atoms with Gasteiger partial charge in [0.15, 0.2) is 9.84 Å². The van der Waals surface area contributed by atoms with Gasteiger partial charge in [-0.25, -0.2) is 13.2 Å². The van der Waals surface area contributed by atoms with Crippen molar-refractivity contribution in [3.63, 3.8) is 0 Å². The Morgan fingerprint density at radius 1 is 1.15 bits per heavy atom. The third-order valence-corrected chi connectivity index (χ3v) is 5.86. The highest BCUT2D eigenvalue weighted by Crippen LogP contribution is 2.37. The fourth-order valence-electron chi connectivity index (χ4n) is 3.35. The second kappa shape index (κ2) is 8.46. The van der Waals surface area contributed by atoms with Gasteiger partial charge in [-0.2, -0.15) is 13.2 Å². The molecule has 0 amide bonds. The molecule has 0 saturated heterocycles. The summed E-state index contributed by atoms with van der Waals surface area (Å²) in [6.45, 7) is 0. The van der Waals surface area contributed by atoms with Gasteiger partial charge >= 0.3 is 12.1 Å². The molecule has 1 aliphatic carbocycles. The lowest BCUT2D eigenvalue weighted by Gasteiger charge is -2.16. The summed E-state index contributed by atoms with van der Waals surface area (Å²) in [6.07, 6.45) is 3.43. The molecule has 0 aromatic heterocycles. The number of sulfone groups is 1. The van der Waals surface area contributed by atoms with Gasteiger partial charge in [-0.15, -0.1) is 0 Å². The number of halogens is 3. The van der Waals surface area contributed by atoms with Crippen LogP contribution in [0.25, 0.3) is 5.57 Å². The van der Waals surface area contributed by atoms with Crippen LogP contribution in [-0.2, 0) is 25.5 Å². The van der Waals surface area contributed by atoms with Gasteiger partial charge in [0, 0.05) is 6.26 Å². The zero-order valence-corrected chi connectivity index (χ0v) is 16.1. The van der Waals surface area contributed by atoms with Crippen molar-refractivity contribution >= 4 is 21.4 Å². The van der Waals surface area contributed by atoms with E-state index in [9.17, 15) is 26.4 Å². The topological polar surface area (TPSA) is 60.4 Å². The van der Waals surface area contributed by atoms with E-state index in [-0.39, 0.29) is 17.1 Å². The largest absolute Gasteiger partial charge is 0.465 e. The zero-order chi connectivity index (χ0) is 20.2. The van der Waals surface area contributed by atoms with Crippen molar-refractivity contribution in [2.75, 3.05) is 13.4 Å². The van der Waals surface area contributed by atoms with Crippen LogP contribution in [0.15, 0.2) is 29.2 Å². The van der Waals surface area contributed by atoms with Crippen molar-refractivity contribution in [1.82, 2.24) is 0 Å². The maximum Gasteiger partial charge on any atom is 0.417 e. The molecular formula is C19H23F3O4S. The maximum atomic E-state index is 13.4. The molecule has 8 heteroatoms.